The van der Waals surface area contributed by atoms with E-state index < -0.39 is 11.8 Å². The van der Waals surface area contributed by atoms with E-state index in [1.54, 1.807) is 16.7 Å². The minimum atomic E-state index is -2.49. The number of aromatic nitrogens is 3. The first-order valence-electron chi connectivity index (χ1n) is 6.92. The lowest BCUT2D eigenvalue weighted by Gasteiger charge is -2.09. The van der Waals surface area contributed by atoms with Crippen LogP contribution in [-0.2, 0) is 6.54 Å². The van der Waals surface area contributed by atoms with Crippen molar-refractivity contribution >= 4 is 11.8 Å². The van der Waals surface area contributed by atoms with Gasteiger partial charge in [-0.25, -0.2) is 13.2 Å². The highest BCUT2D eigenvalue weighted by molar-refractivity contribution is 7.99. The van der Waals surface area contributed by atoms with E-state index in [-0.39, 0.29) is 18.8 Å². The van der Waals surface area contributed by atoms with Crippen LogP contribution < -0.4 is 5.73 Å². The van der Waals surface area contributed by atoms with E-state index in [0.717, 1.165) is 0 Å². The fourth-order valence-electron chi connectivity index (χ4n) is 2.25. The van der Waals surface area contributed by atoms with Crippen LogP contribution in [0.1, 0.15) is 18.7 Å². The molecule has 3 rings (SSSR count). The number of alkyl halides is 2. The van der Waals surface area contributed by atoms with Crippen LogP contribution >= 0.6 is 11.8 Å². The molecule has 2 aromatic rings. The number of nitrogens with zero attached hydrogens (tertiary/aromatic N) is 3. The molecule has 1 fully saturated rings. The quantitative estimate of drug-likeness (QED) is 0.828. The Balaban J connectivity index is 1.74. The molecule has 1 saturated carbocycles. The van der Waals surface area contributed by atoms with Gasteiger partial charge < -0.3 is 5.73 Å². The van der Waals surface area contributed by atoms with Crippen LogP contribution in [0.25, 0.3) is 5.69 Å². The van der Waals surface area contributed by atoms with Gasteiger partial charge in [0.25, 0.3) is 5.92 Å². The SMILES string of the molecule is NCc1nnc(SCC[C@H]2CC2(F)F)n1-c1ccc(F)cc1. The van der Waals surface area contributed by atoms with E-state index in [2.05, 4.69) is 10.2 Å². The maximum atomic E-state index is 13.0. The van der Waals surface area contributed by atoms with Crippen LogP contribution in [0.15, 0.2) is 29.4 Å². The Bertz CT molecular complexity index is 657. The zero-order valence-electron chi connectivity index (χ0n) is 11.7. The molecule has 1 heterocycles. The van der Waals surface area contributed by atoms with Gasteiger partial charge in [-0.05, 0) is 30.7 Å². The van der Waals surface area contributed by atoms with Crippen LogP contribution in [0, 0.1) is 11.7 Å². The van der Waals surface area contributed by atoms with Gasteiger partial charge in [-0.2, -0.15) is 0 Å². The molecule has 0 spiro atoms. The fraction of sp³-hybridized carbons (Fsp3) is 0.429. The maximum absolute atomic E-state index is 13.0. The third-order valence-electron chi connectivity index (χ3n) is 3.62. The standard InChI is InChI=1S/C14H15F3N4S/c15-10-1-3-11(4-2-10)21-12(8-18)19-20-13(21)22-6-5-9-7-14(9,16)17/h1-4,9H,5-8,18H2/t9-/m0/s1. The molecule has 1 aliphatic rings. The van der Waals surface area contributed by atoms with Gasteiger partial charge in [0.1, 0.15) is 5.82 Å². The van der Waals surface area contributed by atoms with Gasteiger partial charge >= 0.3 is 0 Å². The van der Waals surface area contributed by atoms with Gasteiger partial charge in [0.15, 0.2) is 11.0 Å². The normalized spacial score (nSPS) is 19.4. The van der Waals surface area contributed by atoms with E-state index in [0.29, 0.717) is 28.8 Å². The zero-order chi connectivity index (χ0) is 15.7. The molecule has 1 aliphatic carbocycles. The van der Waals surface area contributed by atoms with Crippen LogP contribution in [0.3, 0.4) is 0 Å². The summed E-state index contributed by atoms with van der Waals surface area (Å²) in [5, 5.41) is 8.63. The Morgan fingerprint density at radius 3 is 2.55 bits per heavy atom. The minimum Gasteiger partial charge on any atom is -0.324 e. The lowest BCUT2D eigenvalue weighted by molar-refractivity contribution is 0.0983. The Morgan fingerprint density at radius 1 is 1.27 bits per heavy atom. The second-order valence-corrected chi connectivity index (χ2v) is 6.28. The molecule has 118 valence electrons. The molecule has 0 saturated heterocycles. The van der Waals surface area contributed by atoms with Gasteiger partial charge in [-0.3, -0.25) is 4.57 Å². The van der Waals surface area contributed by atoms with Crippen LogP contribution in [0.2, 0.25) is 0 Å². The van der Waals surface area contributed by atoms with Crippen molar-refractivity contribution in [3.8, 4) is 5.69 Å². The Hall–Kier alpha value is -1.54. The molecule has 8 heteroatoms. The van der Waals surface area contributed by atoms with Gasteiger partial charge in [-0.15, -0.1) is 10.2 Å². The van der Waals surface area contributed by atoms with Crippen LogP contribution in [0.5, 0.6) is 0 Å². The highest BCUT2D eigenvalue weighted by Crippen LogP contribution is 2.51. The van der Waals surface area contributed by atoms with Gasteiger partial charge in [0, 0.05) is 23.8 Å². The number of benzene rings is 1. The van der Waals surface area contributed by atoms with Crippen molar-refractivity contribution in [2.75, 3.05) is 5.75 Å². The maximum Gasteiger partial charge on any atom is 0.251 e. The van der Waals surface area contributed by atoms with Crippen LogP contribution in [0.4, 0.5) is 13.2 Å². The topological polar surface area (TPSA) is 56.7 Å². The Labute approximate surface area is 129 Å². The number of rotatable bonds is 6. The molecule has 0 radical (unpaired) electrons. The predicted molar refractivity (Wildman–Crippen MR) is 77.6 cm³/mol. The summed E-state index contributed by atoms with van der Waals surface area (Å²) in [6.45, 7) is 0.186. The fourth-order valence-corrected chi connectivity index (χ4v) is 3.27. The minimum absolute atomic E-state index is 0.0216. The average Bonchev–Trinajstić information content (AvgIpc) is 2.93. The molecular weight excluding hydrogens is 313 g/mol. The number of hydrogen-bond donors (Lipinski definition) is 1. The van der Waals surface area contributed by atoms with Crippen molar-refractivity contribution in [3.05, 3.63) is 35.9 Å². The van der Waals surface area contributed by atoms with Crippen molar-refractivity contribution < 1.29 is 13.2 Å². The monoisotopic (exact) mass is 328 g/mol. The van der Waals surface area contributed by atoms with Gasteiger partial charge in [0.05, 0.1) is 6.54 Å². The first-order chi connectivity index (χ1) is 10.5. The first kappa shape index (κ1) is 15.4. The molecule has 1 aromatic heterocycles. The molecular formula is C14H15F3N4S. The van der Waals surface area contributed by atoms with Gasteiger partial charge in [-0.1, -0.05) is 11.8 Å². The first-order valence-corrected chi connectivity index (χ1v) is 7.91. The third kappa shape index (κ3) is 3.12. The van der Waals surface area contributed by atoms with Crippen molar-refractivity contribution in [3.63, 3.8) is 0 Å². The Kier molecular flexibility index (Phi) is 4.14. The van der Waals surface area contributed by atoms with Crippen LogP contribution in [-0.4, -0.2) is 26.4 Å². The lowest BCUT2D eigenvalue weighted by atomic mass is 10.3. The third-order valence-corrected chi connectivity index (χ3v) is 4.58. The summed E-state index contributed by atoms with van der Waals surface area (Å²) in [7, 11) is 0. The smallest absolute Gasteiger partial charge is 0.251 e. The van der Waals surface area contributed by atoms with Crippen molar-refractivity contribution in [1.82, 2.24) is 14.8 Å². The highest BCUT2D eigenvalue weighted by atomic mass is 32.2. The predicted octanol–water partition coefficient (Wildman–Crippen LogP) is 3.00. The summed E-state index contributed by atoms with van der Waals surface area (Å²) < 4.78 is 40.5. The Morgan fingerprint density at radius 2 is 1.95 bits per heavy atom. The molecule has 1 atom stereocenters. The van der Waals surface area contributed by atoms with E-state index in [1.807, 2.05) is 0 Å². The van der Waals surface area contributed by atoms with E-state index in [1.165, 1.54) is 23.9 Å². The van der Waals surface area contributed by atoms with Crippen molar-refractivity contribution in [1.29, 1.82) is 0 Å². The molecule has 2 N–H and O–H groups in total. The summed E-state index contributed by atoms with van der Waals surface area (Å²) in [5.41, 5.74) is 6.35. The molecule has 0 unspecified atom stereocenters. The van der Waals surface area contributed by atoms with E-state index in [9.17, 15) is 13.2 Å². The summed E-state index contributed by atoms with van der Waals surface area (Å²) in [5.74, 6) is -2.27. The second-order valence-electron chi connectivity index (χ2n) is 5.21. The average molecular weight is 328 g/mol. The molecule has 0 aliphatic heterocycles. The van der Waals surface area contributed by atoms with Gasteiger partial charge in [0.2, 0.25) is 0 Å². The molecule has 1 aromatic carbocycles. The number of hydrogen-bond acceptors (Lipinski definition) is 4. The largest absolute Gasteiger partial charge is 0.324 e. The summed E-state index contributed by atoms with van der Waals surface area (Å²) >= 11 is 1.36. The molecule has 0 amide bonds. The zero-order valence-corrected chi connectivity index (χ0v) is 12.5. The lowest BCUT2D eigenvalue weighted by Crippen LogP contribution is -2.08. The van der Waals surface area contributed by atoms with Crippen molar-refractivity contribution in [2.45, 2.75) is 30.5 Å². The summed E-state index contributed by atoms with van der Waals surface area (Å²) in [4.78, 5) is 0. The molecule has 4 nitrogen and oxygen atoms in total. The highest BCUT2D eigenvalue weighted by Gasteiger charge is 2.55. The summed E-state index contributed by atoms with van der Waals surface area (Å²) in [6.07, 6.45) is 0.415. The van der Waals surface area contributed by atoms with E-state index >= 15 is 0 Å². The molecule has 0 bridgehead atoms. The summed E-state index contributed by atoms with van der Waals surface area (Å²) in [6, 6.07) is 5.90. The van der Waals surface area contributed by atoms with Crippen molar-refractivity contribution in [2.24, 2.45) is 11.7 Å². The number of thioether (sulfide) groups is 1. The second kappa shape index (κ2) is 5.92. The number of nitrogens with two attached hydrogens (primary N) is 1. The number of halogens is 3. The van der Waals surface area contributed by atoms with E-state index in [4.69, 9.17) is 5.73 Å². The molecule has 22 heavy (non-hydrogen) atoms.